The number of fused-ring (bicyclic) bond motifs is 1. The van der Waals surface area contributed by atoms with Gasteiger partial charge >= 0.3 is 0 Å². The van der Waals surface area contributed by atoms with Crippen LogP contribution < -0.4 is 4.90 Å². The molecule has 0 saturated carbocycles. The summed E-state index contributed by atoms with van der Waals surface area (Å²) < 4.78 is 16.1. The number of aliphatic hydroxyl groups excluding tert-OH is 1. The first kappa shape index (κ1) is 18.9. The Labute approximate surface area is 173 Å². The average molecular weight is 406 g/mol. The molecule has 1 saturated heterocycles. The third kappa shape index (κ3) is 3.37. The van der Waals surface area contributed by atoms with Gasteiger partial charge in [-0.15, -0.1) is 0 Å². The molecule has 0 amide bonds. The van der Waals surface area contributed by atoms with Crippen LogP contribution in [0.15, 0.2) is 48.0 Å². The van der Waals surface area contributed by atoms with Crippen LogP contribution in [0.2, 0.25) is 0 Å². The Kier molecular flexibility index (Phi) is 4.58. The van der Waals surface area contributed by atoms with E-state index in [0.717, 1.165) is 33.9 Å². The lowest BCUT2D eigenvalue weighted by molar-refractivity contribution is 0.0480. The first-order chi connectivity index (χ1) is 14.5. The number of aryl methyl sites for hydroxylation is 1. The molecule has 5 rings (SSSR count). The maximum Gasteiger partial charge on any atom is 0.137 e. The predicted molar refractivity (Wildman–Crippen MR) is 112 cm³/mol. The van der Waals surface area contributed by atoms with E-state index in [4.69, 9.17) is 4.99 Å². The molecule has 2 aliphatic heterocycles. The van der Waals surface area contributed by atoms with E-state index < -0.39 is 12.3 Å². The van der Waals surface area contributed by atoms with E-state index in [0.29, 0.717) is 32.5 Å². The molecular formula is C22H23FN6O. The molecule has 1 fully saturated rings. The number of alkyl halides is 1. The van der Waals surface area contributed by atoms with Crippen molar-refractivity contribution in [3.8, 4) is 11.1 Å². The zero-order valence-electron chi connectivity index (χ0n) is 16.8. The lowest BCUT2D eigenvalue weighted by atomic mass is 9.94. The minimum Gasteiger partial charge on any atom is -0.393 e. The summed E-state index contributed by atoms with van der Waals surface area (Å²) >= 11 is 0. The standard InChI is InChI=1S/C22H23FN6O/c1-28-12-17(11-27-28)15-2-3-16-10-24-21(18(16)8-15)19-9-20(26-14-25-19)29-6-4-22(23,13-30)5-7-29/h2-3,8-9,11-12,14,30H,4-7,10,13H2,1H3. The Morgan fingerprint density at radius 3 is 2.70 bits per heavy atom. The van der Waals surface area contributed by atoms with Crippen molar-refractivity contribution in [1.29, 1.82) is 0 Å². The third-order valence-corrected chi connectivity index (χ3v) is 5.97. The molecule has 30 heavy (non-hydrogen) atoms. The quantitative estimate of drug-likeness (QED) is 0.720. The summed E-state index contributed by atoms with van der Waals surface area (Å²) in [5.41, 5.74) is 4.52. The van der Waals surface area contributed by atoms with Crippen molar-refractivity contribution in [3.63, 3.8) is 0 Å². The summed E-state index contributed by atoms with van der Waals surface area (Å²) in [6.45, 7) is 1.23. The SMILES string of the molecule is Cn1cc(-c2ccc3c(c2)C(c2cc(N4CCC(F)(CO)CC4)ncn2)=NC3)cn1. The van der Waals surface area contributed by atoms with Crippen molar-refractivity contribution in [2.45, 2.75) is 25.1 Å². The second kappa shape index (κ2) is 7.28. The maximum atomic E-state index is 14.3. The Balaban J connectivity index is 1.42. The number of aliphatic hydroxyl groups is 1. The highest BCUT2D eigenvalue weighted by molar-refractivity contribution is 6.14. The topological polar surface area (TPSA) is 79.4 Å². The Morgan fingerprint density at radius 1 is 1.13 bits per heavy atom. The van der Waals surface area contributed by atoms with E-state index in [1.54, 1.807) is 11.0 Å². The smallest absolute Gasteiger partial charge is 0.137 e. The summed E-state index contributed by atoms with van der Waals surface area (Å²) in [7, 11) is 1.90. The molecule has 154 valence electrons. The summed E-state index contributed by atoms with van der Waals surface area (Å²) in [6, 6.07) is 8.27. The lowest BCUT2D eigenvalue weighted by Crippen LogP contribution is -2.44. The first-order valence-corrected chi connectivity index (χ1v) is 10.1. The van der Waals surface area contributed by atoms with Gasteiger partial charge in [-0.25, -0.2) is 14.4 Å². The van der Waals surface area contributed by atoms with Gasteiger partial charge in [0.1, 0.15) is 17.8 Å². The molecule has 7 nitrogen and oxygen atoms in total. The van der Waals surface area contributed by atoms with E-state index in [2.05, 4.69) is 33.3 Å². The van der Waals surface area contributed by atoms with Crippen molar-refractivity contribution < 1.29 is 9.50 Å². The predicted octanol–water partition coefficient (Wildman–Crippen LogP) is 2.53. The van der Waals surface area contributed by atoms with Crippen LogP contribution in [0.1, 0.15) is 29.7 Å². The number of nitrogens with zero attached hydrogens (tertiary/aromatic N) is 6. The number of anilines is 1. The highest BCUT2D eigenvalue weighted by Crippen LogP contribution is 2.31. The molecule has 0 radical (unpaired) electrons. The van der Waals surface area contributed by atoms with Crippen LogP contribution in [0.5, 0.6) is 0 Å². The van der Waals surface area contributed by atoms with E-state index in [1.165, 1.54) is 5.56 Å². The Bertz CT molecular complexity index is 1120. The molecule has 0 spiro atoms. The first-order valence-electron chi connectivity index (χ1n) is 10.1. The molecule has 0 aliphatic carbocycles. The highest BCUT2D eigenvalue weighted by atomic mass is 19.1. The molecule has 0 unspecified atom stereocenters. The molecule has 3 aromatic rings. The van der Waals surface area contributed by atoms with E-state index in [9.17, 15) is 9.50 Å². The highest BCUT2D eigenvalue weighted by Gasteiger charge is 2.34. The van der Waals surface area contributed by atoms with Gasteiger partial charge in [-0.1, -0.05) is 12.1 Å². The maximum absolute atomic E-state index is 14.3. The average Bonchev–Trinajstić information content (AvgIpc) is 3.40. The van der Waals surface area contributed by atoms with Crippen LogP contribution >= 0.6 is 0 Å². The normalized spacial score (nSPS) is 17.7. The van der Waals surface area contributed by atoms with Gasteiger partial charge in [0.05, 0.1) is 30.8 Å². The van der Waals surface area contributed by atoms with Gasteiger partial charge in [0.2, 0.25) is 0 Å². The molecule has 8 heteroatoms. The van der Waals surface area contributed by atoms with E-state index >= 15 is 0 Å². The second-order valence-electron chi connectivity index (χ2n) is 8.00. The Hall–Kier alpha value is -3.13. The number of piperidine rings is 1. The number of aliphatic imine (C=N–C) groups is 1. The summed E-state index contributed by atoms with van der Waals surface area (Å²) in [5, 5.41) is 13.5. The van der Waals surface area contributed by atoms with Crippen LogP contribution in [0.25, 0.3) is 11.1 Å². The van der Waals surface area contributed by atoms with Gasteiger partial charge < -0.3 is 10.0 Å². The van der Waals surface area contributed by atoms with Gasteiger partial charge in [-0.05, 0) is 17.2 Å². The van der Waals surface area contributed by atoms with E-state index in [1.807, 2.05) is 30.4 Å². The third-order valence-electron chi connectivity index (χ3n) is 5.97. The molecule has 1 aromatic carbocycles. The number of halogens is 1. The molecule has 2 aromatic heterocycles. The van der Waals surface area contributed by atoms with Crippen molar-refractivity contribution in [2.24, 2.45) is 12.0 Å². The van der Waals surface area contributed by atoms with Crippen LogP contribution in [0, 0.1) is 0 Å². The zero-order valence-corrected chi connectivity index (χ0v) is 16.8. The second-order valence-corrected chi connectivity index (χ2v) is 8.00. The lowest BCUT2D eigenvalue weighted by Gasteiger charge is -2.35. The number of rotatable bonds is 4. The van der Waals surface area contributed by atoms with E-state index in [-0.39, 0.29) is 0 Å². The van der Waals surface area contributed by atoms with Gasteiger partial charge in [0, 0.05) is 56.4 Å². The monoisotopic (exact) mass is 406 g/mol. The van der Waals surface area contributed by atoms with Crippen LogP contribution in [-0.4, -0.2) is 55.9 Å². The van der Waals surface area contributed by atoms with Crippen LogP contribution in [0.3, 0.4) is 0 Å². The molecule has 0 bridgehead atoms. The summed E-state index contributed by atoms with van der Waals surface area (Å²) in [6.07, 6.45) is 5.97. The largest absolute Gasteiger partial charge is 0.393 e. The van der Waals surface area contributed by atoms with Crippen LogP contribution in [0.4, 0.5) is 10.2 Å². The van der Waals surface area contributed by atoms with Gasteiger partial charge in [0.15, 0.2) is 0 Å². The summed E-state index contributed by atoms with van der Waals surface area (Å²) in [5.74, 6) is 0.763. The molecule has 1 N–H and O–H groups in total. The zero-order chi connectivity index (χ0) is 20.7. The van der Waals surface area contributed by atoms with Crippen LogP contribution in [-0.2, 0) is 13.6 Å². The van der Waals surface area contributed by atoms with Crippen molar-refractivity contribution >= 4 is 11.5 Å². The van der Waals surface area contributed by atoms with Gasteiger partial charge in [-0.3, -0.25) is 9.67 Å². The molecule has 4 heterocycles. The Morgan fingerprint density at radius 2 is 1.97 bits per heavy atom. The van der Waals surface area contributed by atoms with Gasteiger partial charge in [0.25, 0.3) is 0 Å². The minimum absolute atomic E-state index is 0.293. The number of aromatic nitrogens is 4. The number of hydrogen-bond acceptors (Lipinski definition) is 6. The fourth-order valence-electron chi connectivity index (χ4n) is 4.10. The minimum atomic E-state index is -1.48. The van der Waals surface area contributed by atoms with Crippen molar-refractivity contribution in [1.82, 2.24) is 19.7 Å². The number of hydrogen-bond donors (Lipinski definition) is 1. The van der Waals surface area contributed by atoms with Crippen molar-refractivity contribution in [3.05, 3.63) is 59.8 Å². The van der Waals surface area contributed by atoms with Gasteiger partial charge in [-0.2, -0.15) is 5.10 Å². The van der Waals surface area contributed by atoms with Crippen molar-refractivity contribution in [2.75, 3.05) is 24.6 Å². The fraction of sp³-hybridized carbons (Fsp3) is 0.364. The molecular weight excluding hydrogens is 383 g/mol. The molecule has 0 atom stereocenters. The number of benzene rings is 1. The summed E-state index contributed by atoms with van der Waals surface area (Å²) in [4.78, 5) is 15.6. The fourth-order valence-corrected chi connectivity index (χ4v) is 4.10. The molecule has 2 aliphatic rings.